The molecular weight excluding hydrogens is 442 g/mol. The van der Waals surface area contributed by atoms with Gasteiger partial charge in [-0.05, 0) is 72.7 Å². The molecule has 35 heavy (non-hydrogen) atoms. The van der Waals surface area contributed by atoms with Gasteiger partial charge in [-0.2, -0.15) is 0 Å². The molecule has 0 saturated heterocycles. The lowest BCUT2D eigenvalue weighted by Gasteiger charge is -2.31. The lowest BCUT2D eigenvalue weighted by molar-refractivity contribution is -0.306. The minimum absolute atomic E-state index is 0.114. The summed E-state index contributed by atoms with van der Waals surface area (Å²) in [6.45, 7) is 2.32. The first-order valence-corrected chi connectivity index (χ1v) is 11.8. The van der Waals surface area contributed by atoms with Crippen LogP contribution >= 0.6 is 0 Å². The summed E-state index contributed by atoms with van der Waals surface area (Å²) in [6.07, 6.45) is 4.26. The maximum atomic E-state index is 13.4. The number of pyridine rings is 1. The molecule has 7 nitrogen and oxygen atoms in total. The SMILES string of the molecule is CC(c1ccccc1)N1Cc2ccc(NC(=O)CCc3ccncc3)cc2CC(CC(=O)[O-])C1=O. The van der Waals surface area contributed by atoms with Gasteiger partial charge in [-0.15, -0.1) is 0 Å². The van der Waals surface area contributed by atoms with Gasteiger partial charge < -0.3 is 20.1 Å². The maximum absolute atomic E-state index is 13.4. The Hall–Kier alpha value is -4.00. The van der Waals surface area contributed by atoms with Crippen LogP contribution in [0.15, 0.2) is 73.1 Å². The molecule has 1 aliphatic heterocycles. The van der Waals surface area contributed by atoms with Gasteiger partial charge in [0.1, 0.15) is 0 Å². The van der Waals surface area contributed by atoms with E-state index in [1.165, 1.54) is 0 Å². The van der Waals surface area contributed by atoms with Crippen molar-refractivity contribution in [2.24, 2.45) is 5.92 Å². The minimum atomic E-state index is -1.25. The van der Waals surface area contributed by atoms with Gasteiger partial charge in [-0.1, -0.05) is 36.4 Å². The molecule has 7 heteroatoms. The average Bonchev–Trinajstić information content (AvgIpc) is 2.99. The highest BCUT2D eigenvalue weighted by atomic mass is 16.4. The van der Waals surface area contributed by atoms with Crippen molar-refractivity contribution in [3.8, 4) is 0 Å². The van der Waals surface area contributed by atoms with Crippen LogP contribution in [0.5, 0.6) is 0 Å². The highest BCUT2D eigenvalue weighted by Crippen LogP contribution is 2.32. The second-order valence-electron chi connectivity index (χ2n) is 8.92. The van der Waals surface area contributed by atoms with E-state index < -0.39 is 11.9 Å². The Bertz CT molecular complexity index is 1200. The number of aromatic nitrogens is 1. The second-order valence-corrected chi connectivity index (χ2v) is 8.92. The lowest BCUT2D eigenvalue weighted by atomic mass is 9.93. The van der Waals surface area contributed by atoms with E-state index in [-0.39, 0.29) is 30.7 Å². The number of amides is 2. The zero-order valence-electron chi connectivity index (χ0n) is 19.6. The van der Waals surface area contributed by atoms with Crippen molar-refractivity contribution in [3.05, 3.63) is 95.3 Å². The molecule has 0 radical (unpaired) electrons. The minimum Gasteiger partial charge on any atom is -0.550 e. The van der Waals surface area contributed by atoms with E-state index >= 15 is 0 Å². The number of nitrogens with one attached hydrogen (secondary N) is 1. The fraction of sp³-hybridized carbons (Fsp3) is 0.286. The standard InChI is InChI=1S/C28H29N3O4/c1-19(21-5-3-2-4-6-21)31-18-22-8-9-25(16-23(22)15-24(28(31)35)17-27(33)34)30-26(32)10-7-20-11-13-29-14-12-20/h2-6,8-9,11-14,16,19,24H,7,10,15,17-18H2,1H3,(H,30,32)(H,33,34)/p-1. The summed E-state index contributed by atoms with van der Waals surface area (Å²) in [4.78, 5) is 43.1. The molecule has 2 atom stereocenters. The summed E-state index contributed by atoms with van der Waals surface area (Å²) < 4.78 is 0. The van der Waals surface area contributed by atoms with Gasteiger partial charge in [0.15, 0.2) is 0 Å². The Kier molecular flexibility index (Phi) is 7.55. The Labute approximate surface area is 204 Å². The quantitative estimate of drug-likeness (QED) is 0.545. The van der Waals surface area contributed by atoms with Gasteiger partial charge in [0, 0.05) is 42.9 Å². The summed E-state index contributed by atoms with van der Waals surface area (Å²) in [5.41, 5.74) is 4.45. The maximum Gasteiger partial charge on any atom is 0.227 e. The van der Waals surface area contributed by atoms with Crippen molar-refractivity contribution in [2.75, 3.05) is 5.32 Å². The molecule has 0 spiro atoms. The third kappa shape index (κ3) is 6.12. The molecule has 2 unspecified atom stereocenters. The summed E-state index contributed by atoms with van der Waals surface area (Å²) in [5, 5.41) is 14.4. The topological polar surface area (TPSA) is 102 Å². The second kappa shape index (κ2) is 11.0. The lowest BCUT2D eigenvalue weighted by Crippen LogP contribution is -2.39. The number of rotatable bonds is 8. The number of carbonyl (C=O) groups is 3. The molecule has 3 aromatic rings. The number of benzene rings is 2. The van der Waals surface area contributed by atoms with Gasteiger partial charge in [0.25, 0.3) is 0 Å². The molecule has 2 aromatic carbocycles. The number of carbonyl (C=O) groups excluding carboxylic acids is 3. The Morgan fingerprint density at radius 1 is 1.09 bits per heavy atom. The number of hydrogen-bond acceptors (Lipinski definition) is 5. The van der Waals surface area contributed by atoms with Crippen LogP contribution in [0.25, 0.3) is 0 Å². The summed E-state index contributed by atoms with van der Waals surface area (Å²) in [7, 11) is 0. The predicted molar refractivity (Wildman–Crippen MR) is 130 cm³/mol. The largest absolute Gasteiger partial charge is 0.550 e. The van der Waals surface area contributed by atoms with E-state index in [0.29, 0.717) is 25.1 Å². The van der Waals surface area contributed by atoms with Gasteiger partial charge in [-0.3, -0.25) is 14.6 Å². The number of fused-ring (bicyclic) bond motifs is 1. The van der Waals surface area contributed by atoms with E-state index in [0.717, 1.165) is 22.3 Å². The van der Waals surface area contributed by atoms with Crippen LogP contribution in [0.4, 0.5) is 5.69 Å². The smallest absolute Gasteiger partial charge is 0.227 e. The molecule has 0 bridgehead atoms. The molecule has 0 saturated carbocycles. The van der Waals surface area contributed by atoms with Crippen molar-refractivity contribution >= 4 is 23.5 Å². The van der Waals surface area contributed by atoms with E-state index in [2.05, 4.69) is 10.3 Å². The first-order chi connectivity index (χ1) is 16.9. The summed E-state index contributed by atoms with van der Waals surface area (Å²) >= 11 is 0. The third-order valence-electron chi connectivity index (χ3n) is 6.48. The van der Waals surface area contributed by atoms with Crippen LogP contribution in [0.3, 0.4) is 0 Å². The van der Waals surface area contributed by atoms with Crippen LogP contribution in [-0.2, 0) is 33.8 Å². The van der Waals surface area contributed by atoms with Crippen LogP contribution in [0.2, 0.25) is 0 Å². The highest BCUT2D eigenvalue weighted by molar-refractivity contribution is 5.91. The first-order valence-electron chi connectivity index (χ1n) is 11.8. The first kappa shape index (κ1) is 24.1. The molecule has 0 fully saturated rings. The molecular formula is C28H28N3O4-. The van der Waals surface area contributed by atoms with E-state index in [4.69, 9.17) is 0 Å². The third-order valence-corrected chi connectivity index (χ3v) is 6.48. The molecule has 1 aliphatic rings. The van der Waals surface area contributed by atoms with Crippen molar-refractivity contribution < 1.29 is 19.5 Å². The number of nitrogens with zero attached hydrogens (tertiary/aromatic N) is 2. The van der Waals surface area contributed by atoms with Gasteiger partial charge in [0.05, 0.1) is 6.04 Å². The number of aliphatic carboxylic acids is 1. The Balaban J connectivity index is 1.53. The average molecular weight is 471 g/mol. The van der Waals surface area contributed by atoms with Crippen molar-refractivity contribution in [1.29, 1.82) is 0 Å². The number of aryl methyl sites for hydroxylation is 1. The van der Waals surface area contributed by atoms with Crippen LogP contribution in [0.1, 0.15) is 48.1 Å². The van der Waals surface area contributed by atoms with Gasteiger partial charge >= 0.3 is 0 Å². The van der Waals surface area contributed by atoms with E-state index in [9.17, 15) is 19.5 Å². The fourth-order valence-electron chi connectivity index (χ4n) is 4.53. The normalized spacial score (nSPS) is 16.2. The molecule has 4 rings (SSSR count). The predicted octanol–water partition coefficient (Wildman–Crippen LogP) is 3.06. The molecule has 180 valence electrons. The Morgan fingerprint density at radius 2 is 1.83 bits per heavy atom. The number of anilines is 1. The highest BCUT2D eigenvalue weighted by Gasteiger charge is 2.32. The number of carboxylic acid groups (broad SMARTS) is 1. The van der Waals surface area contributed by atoms with Crippen LogP contribution < -0.4 is 10.4 Å². The van der Waals surface area contributed by atoms with Gasteiger partial charge in [-0.25, -0.2) is 0 Å². The molecule has 2 amide bonds. The fourth-order valence-corrected chi connectivity index (χ4v) is 4.53. The zero-order chi connectivity index (χ0) is 24.8. The number of hydrogen-bond donors (Lipinski definition) is 1. The molecule has 1 aromatic heterocycles. The zero-order valence-corrected chi connectivity index (χ0v) is 19.6. The monoisotopic (exact) mass is 470 g/mol. The Morgan fingerprint density at radius 3 is 2.54 bits per heavy atom. The van der Waals surface area contributed by atoms with Crippen LogP contribution in [0, 0.1) is 5.92 Å². The van der Waals surface area contributed by atoms with E-state index in [1.807, 2.05) is 67.6 Å². The molecule has 1 N–H and O–H groups in total. The van der Waals surface area contributed by atoms with Crippen LogP contribution in [-0.4, -0.2) is 27.7 Å². The van der Waals surface area contributed by atoms with Crippen molar-refractivity contribution in [3.63, 3.8) is 0 Å². The van der Waals surface area contributed by atoms with Gasteiger partial charge in [0.2, 0.25) is 11.8 Å². The summed E-state index contributed by atoms with van der Waals surface area (Å²) in [5.74, 6) is -2.30. The molecule has 0 aliphatic carbocycles. The van der Waals surface area contributed by atoms with E-state index in [1.54, 1.807) is 17.3 Å². The van der Waals surface area contributed by atoms with Crippen molar-refractivity contribution in [1.82, 2.24) is 9.88 Å². The number of carboxylic acids is 1. The van der Waals surface area contributed by atoms with Crippen molar-refractivity contribution in [2.45, 2.75) is 45.2 Å². The molecule has 2 heterocycles. The summed E-state index contributed by atoms with van der Waals surface area (Å²) in [6, 6.07) is 18.8.